The first-order chi connectivity index (χ1) is 10.7. The van der Waals surface area contributed by atoms with Crippen molar-refractivity contribution < 1.29 is 14.3 Å². The zero-order chi connectivity index (χ0) is 15.9. The van der Waals surface area contributed by atoms with Crippen LogP contribution in [0.5, 0.6) is 5.75 Å². The van der Waals surface area contributed by atoms with Gasteiger partial charge in [-0.05, 0) is 34.1 Å². The first-order valence-corrected chi connectivity index (χ1v) is 7.65. The maximum Gasteiger partial charge on any atom is 0.252 e. The molecule has 0 bridgehead atoms. The summed E-state index contributed by atoms with van der Waals surface area (Å²) in [6.07, 6.45) is -0.275. The number of carbonyl (C=O) groups is 1. The fourth-order valence-corrected chi connectivity index (χ4v) is 2.64. The molecule has 2 aromatic rings. The Morgan fingerprint density at radius 1 is 1.14 bits per heavy atom. The second kappa shape index (κ2) is 7.96. The molecule has 0 heterocycles. The summed E-state index contributed by atoms with van der Waals surface area (Å²) in [6.45, 7) is 0.358. The minimum atomic E-state index is -0.275. The Hall–Kier alpha value is -1.85. The maximum absolute atomic E-state index is 12.2. The molecule has 1 N–H and O–H groups in total. The fraction of sp³-hybridized carbons (Fsp3) is 0.235. The van der Waals surface area contributed by atoms with Crippen molar-refractivity contribution in [3.05, 3.63) is 64.1 Å². The number of para-hydroxylation sites is 1. The summed E-state index contributed by atoms with van der Waals surface area (Å²) in [5.74, 6) is 0.592. The Balaban J connectivity index is 2.08. The summed E-state index contributed by atoms with van der Waals surface area (Å²) in [6, 6.07) is 14.9. The van der Waals surface area contributed by atoms with Gasteiger partial charge in [-0.15, -0.1) is 0 Å². The van der Waals surface area contributed by atoms with E-state index >= 15 is 0 Å². The number of methoxy groups -OCH3 is 2. The maximum atomic E-state index is 12.2. The molecular weight excluding hydrogens is 346 g/mol. The number of benzene rings is 2. The molecule has 22 heavy (non-hydrogen) atoms. The number of rotatable bonds is 6. The summed E-state index contributed by atoms with van der Waals surface area (Å²) in [7, 11) is 3.23. The molecule has 0 aliphatic rings. The van der Waals surface area contributed by atoms with Crippen LogP contribution in [0.2, 0.25) is 0 Å². The highest BCUT2D eigenvalue weighted by Crippen LogP contribution is 2.26. The van der Waals surface area contributed by atoms with Gasteiger partial charge in [0.2, 0.25) is 0 Å². The van der Waals surface area contributed by atoms with E-state index in [4.69, 9.17) is 9.47 Å². The van der Waals surface area contributed by atoms with E-state index in [1.54, 1.807) is 20.3 Å². The number of nitrogens with one attached hydrogen (secondary N) is 1. The number of amides is 1. The van der Waals surface area contributed by atoms with Crippen molar-refractivity contribution in [3.63, 3.8) is 0 Å². The Bertz CT molecular complexity index is 645. The van der Waals surface area contributed by atoms with Gasteiger partial charge in [0.05, 0.1) is 12.7 Å². The number of carbonyl (C=O) groups excluding carboxylic acids is 1. The fourth-order valence-electron chi connectivity index (χ4n) is 2.18. The highest BCUT2D eigenvalue weighted by Gasteiger charge is 2.17. The third kappa shape index (κ3) is 3.87. The van der Waals surface area contributed by atoms with Gasteiger partial charge in [0.25, 0.3) is 5.91 Å². The molecule has 0 saturated carbocycles. The van der Waals surface area contributed by atoms with Crippen molar-refractivity contribution in [2.75, 3.05) is 20.8 Å². The van der Waals surface area contributed by atoms with E-state index in [9.17, 15) is 4.79 Å². The highest BCUT2D eigenvalue weighted by molar-refractivity contribution is 9.10. The molecule has 2 rings (SSSR count). The summed E-state index contributed by atoms with van der Waals surface area (Å²) in [5.41, 5.74) is 1.50. The minimum Gasteiger partial charge on any atom is -0.496 e. The van der Waals surface area contributed by atoms with Gasteiger partial charge in [-0.3, -0.25) is 4.79 Å². The average Bonchev–Trinajstić information content (AvgIpc) is 2.56. The van der Waals surface area contributed by atoms with Crippen LogP contribution < -0.4 is 10.1 Å². The lowest BCUT2D eigenvalue weighted by molar-refractivity contribution is 0.0818. The van der Waals surface area contributed by atoms with Crippen LogP contribution in [-0.2, 0) is 4.74 Å². The van der Waals surface area contributed by atoms with Crippen molar-refractivity contribution in [2.24, 2.45) is 0 Å². The standard InChI is InChI=1S/C17H18BrNO3/c1-21-15-10-6-4-8-13(15)16(22-2)11-19-17(20)12-7-3-5-9-14(12)18/h3-10,16H,11H2,1-2H3,(H,19,20). The molecule has 1 unspecified atom stereocenters. The predicted octanol–water partition coefficient (Wildman–Crippen LogP) is 3.58. The molecule has 0 aliphatic carbocycles. The van der Waals surface area contributed by atoms with Gasteiger partial charge in [-0.25, -0.2) is 0 Å². The van der Waals surface area contributed by atoms with Crippen molar-refractivity contribution >= 4 is 21.8 Å². The van der Waals surface area contributed by atoms with Gasteiger partial charge >= 0.3 is 0 Å². The normalized spacial score (nSPS) is 11.8. The third-order valence-corrected chi connectivity index (χ3v) is 4.03. The molecule has 0 saturated heterocycles. The largest absolute Gasteiger partial charge is 0.496 e. The van der Waals surface area contributed by atoms with E-state index < -0.39 is 0 Å². The molecule has 2 aromatic carbocycles. The van der Waals surface area contributed by atoms with Crippen LogP contribution in [0.3, 0.4) is 0 Å². The van der Waals surface area contributed by atoms with Gasteiger partial charge in [-0.2, -0.15) is 0 Å². The molecule has 1 atom stereocenters. The zero-order valence-electron chi connectivity index (χ0n) is 12.5. The average molecular weight is 364 g/mol. The predicted molar refractivity (Wildman–Crippen MR) is 89.2 cm³/mol. The van der Waals surface area contributed by atoms with E-state index in [1.165, 1.54) is 0 Å². The van der Waals surface area contributed by atoms with Crippen LogP contribution in [0, 0.1) is 0 Å². The number of hydrogen-bond donors (Lipinski definition) is 1. The molecule has 0 aliphatic heterocycles. The molecule has 0 spiro atoms. The SMILES string of the molecule is COc1ccccc1C(CNC(=O)c1ccccc1Br)OC. The monoisotopic (exact) mass is 363 g/mol. The molecule has 5 heteroatoms. The minimum absolute atomic E-state index is 0.149. The second-order valence-corrected chi connectivity index (χ2v) is 5.51. The van der Waals surface area contributed by atoms with Crippen molar-refractivity contribution in [3.8, 4) is 5.75 Å². The van der Waals surface area contributed by atoms with Crippen molar-refractivity contribution in [1.29, 1.82) is 0 Å². The first kappa shape index (κ1) is 16.5. The first-order valence-electron chi connectivity index (χ1n) is 6.85. The summed E-state index contributed by atoms with van der Waals surface area (Å²) >= 11 is 3.38. The van der Waals surface area contributed by atoms with Gasteiger partial charge < -0.3 is 14.8 Å². The Morgan fingerprint density at radius 2 is 1.82 bits per heavy atom. The van der Waals surface area contributed by atoms with Crippen LogP contribution in [0.4, 0.5) is 0 Å². The molecule has 0 radical (unpaired) electrons. The molecular formula is C17H18BrNO3. The summed E-state index contributed by atoms with van der Waals surface area (Å²) in [5, 5.41) is 2.89. The van der Waals surface area contributed by atoms with Gasteiger partial charge in [-0.1, -0.05) is 30.3 Å². The molecule has 116 valence electrons. The van der Waals surface area contributed by atoms with Crippen molar-refractivity contribution in [2.45, 2.75) is 6.10 Å². The van der Waals surface area contributed by atoms with Gasteiger partial charge in [0.15, 0.2) is 0 Å². The summed E-state index contributed by atoms with van der Waals surface area (Å²) in [4.78, 5) is 12.2. The van der Waals surface area contributed by atoms with E-state index in [2.05, 4.69) is 21.2 Å². The Morgan fingerprint density at radius 3 is 2.50 bits per heavy atom. The quantitative estimate of drug-likeness (QED) is 0.853. The van der Waals surface area contributed by atoms with Gasteiger partial charge in [0, 0.05) is 23.7 Å². The summed E-state index contributed by atoms with van der Waals surface area (Å²) < 4.78 is 11.6. The van der Waals surface area contributed by atoms with E-state index in [0.717, 1.165) is 15.8 Å². The third-order valence-electron chi connectivity index (χ3n) is 3.34. The molecule has 1 amide bonds. The van der Waals surface area contributed by atoms with Gasteiger partial charge in [0.1, 0.15) is 11.9 Å². The van der Waals surface area contributed by atoms with E-state index in [-0.39, 0.29) is 12.0 Å². The zero-order valence-corrected chi connectivity index (χ0v) is 14.1. The molecule has 0 aromatic heterocycles. The highest BCUT2D eigenvalue weighted by atomic mass is 79.9. The molecule has 0 fully saturated rings. The number of halogens is 1. The van der Waals surface area contributed by atoms with Crippen molar-refractivity contribution in [1.82, 2.24) is 5.32 Å². The topological polar surface area (TPSA) is 47.6 Å². The van der Waals surface area contributed by atoms with Crippen LogP contribution in [0.1, 0.15) is 22.0 Å². The number of ether oxygens (including phenoxy) is 2. The van der Waals surface area contributed by atoms with E-state index in [1.807, 2.05) is 42.5 Å². The lowest BCUT2D eigenvalue weighted by atomic mass is 10.1. The van der Waals surface area contributed by atoms with Crippen LogP contribution in [-0.4, -0.2) is 26.7 Å². The Labute approximate surface area is 138 Å². The van der Waals surface area contributed by atoms with Crippen LogP contribution in [0.15, 0.2) is 53.0 Å². The lowest BCUT2D eigenvalue weighted by Gasteiger charge is -2.19. The second-order valence-electron chi connectivity index (χ2n) is 4.66. The molecule has 4 nitrogen and oxygen atoms in total. The lowest BCUT2D eigenvalue weighted by Crippen LogP contribution is -2.29. The van der Waals surface area contributed by atoms with Crippen LogP contribution in [0.25, 0.3) is 0 Å². The van der Waals surface area contributed by atoms with Crippen LogP contribution >= 0.6 is 15.9 Å². The number of hydrogen-bond acceptors (Lipinski definition) is 3. The smallest absolute Gasteiger partial charge is 0.252 e. The van der Waals surface area contributed by atoms with E-state index in [0.29, 0.717) is 12.1 Å². The Kier molecular flexibility index (Phi) is 5.98.